The maximum Gasteiger partial charge on any atom is 0.303 e. The SMILES string of the molecule is O=C(O)CC1CC2(C1)CC(NC(=O)c1cc(Cl)cc3cnn(Cc4cnc(-c5ccccc5)nc4)c13)C2. The molecule has 2 saturated carbocycles. The summed E-state index contributed by atoms with van der Waals surface area (Å²) in [6, 6.07) is 13.4. The molecule has 0 aliphatic heterocycles. The summed E-state index contributed by atoms with van der Waals surface area (Å²) in [5.41, 5.74) is 3.22. The Morgan fingerprint density at radius 2 is 1.78 bits per heavy atom. The van der Waals surface area contributed by atoms with Gasteiger partial charge in [-0.25, -0.2) is 9.97 Å². The van der Waals surface area contributed by atoms with E-state index in [1.54, 1.807) is 29.3 Å². The van der Waals surface area contributed by atoms with Crippen LogP contribution in [0.3, 0.4) is 0 Å². The largest absolute Gasteiger partial charge is 0.481 e. The third kappa shape index (κ3) is 4.69. The number of carboxylic acid groups (broad SMARTS) is 1. The van der Waals surface area contributed by atoms with Crippen molar-refractivity contribution in [2.45, 2.75) is 44.7 Å². The van der Waals surface area contributed by atoms with Crippen LogP contribution in [0.15, 0.2) is 61.1 Å². The number of hydrogen-bond acceptors (Lipinski definition) is 5. The summed E-state index contributed by atoms with van der Waals surface area (Å²) in [4.78, 5) is 33.3. The van der Waals surface area contributed by atoms with E-state index in [1.165, 1.54) is 0 Å². The van der Waals surface area contributed by atoms with Gasteiger partial charge in [0.1, 0.15) is 0 Å². The van der Waals surface area contributed by atoms with Gasteiger partial charge in [-0.1, -0.05) is 41.9 Å². The van der Waals surface area contributed by atoms with Gasteiger partial charge in [-0.3, -0.25) is 14.3 Å². The van der Waals surface area contributed by atoms with Gasteiger partial charge in [-0.2, -0.15) is 5.10 Å². The van der Waals surface area contributed by atoms with Crippen LogP contribution in [-0.4, -0.2) is 42.8 Å². The highest BCUT2D eigenvalue weighted by Gasteiger charge is 2.53. The lowest BCUT2D eigenvalue weighted by Crippen LogP contribution is -2.56. The zero-order chi connectivity index (χ0) is 25.6. The zero-order valence-corrected chi connectivity index (χ0v) is 20.9. The molecule has 1 amide bonds. The van der Waals surface area contributed by atoms with E-state index in [1.807, 2.05) is 36.4 Å². The highest BCUT2D eigenvalue weighted by Crippen LogP contribution is 2.59. The summed E-state index contributed by atoms with van der Waals surface area (Å²) in [5, 5.41) is 17.9. The van der Waals surface area contributed by atoms with Crippen LogP contribution in [0.4, 0.5) is 0 Å². The topological polar surface area (TPSA) is 110 Å². The first-order valence-electron chi connectivity index (χ1n) is 12.4. The molecule has 2 aromatic heterocycles. The van der Waals surface area contributed by atoms with E-state index in [0.29, 0.717) is 28.5 Å². The molecule has 0 unspecified atom stereocenters. The third-order valence-corrected chi connectivity index (χ3v) is 7.83. The lowest BCUT2D eigenvalue weighted by molar-refractivity contribution is -0.142. The van der Waals surface area contributed by atoms with Crippen LogP contribution in [-0.2, 0) is 11.3 Å². The van der Waals surface area contributed by atoms with Crippen molar-refractivity contribution in [3.63, 3.8) is 0 Å². The van der Waals surface area contributed by atoms with Crippen LogP contribution in [0, 0.1) is 11.3 Å². The number of aromatic nitrogens is 4. The molecule has 0 radical (unpaired) electrons. The van der Waals surface area contributed by atoms with Gasteiger partial charge in [0.2, 0.25) is 0 Å². The van der Waals surface area contributed by atoms with Gasteiger partial charge in [0.25, 0.3) is 5.91 Å². The monoisotopic (exact) mass is 515 g/mol. The Hall–Kier alpha value is -3.78. The minimum Gasteiger partial charge on any atom is -0.481 e. The van der Waals surface area contributed by atoms with E-state index in [-0.39, 0.29) is 29.7 Å². The van der Waals surface area contributed by atoms with Crippen molar-refractivity contribution in [1.82, 2.24) is 25.1 Å². The number of aliphatic carboxylic acids is 1. The Balaban J connectivity index is 1.17. The molecule has 0 atom stereocenters. The standard InChI is InChI=1S/C28H26ClN5O3/c29-21-7-20-15-32-34(16-18-13-30-26(31-14-18)19-4-2-1-3-5-19)25(20)23(8-21)27(37)33-22-11-28(12-22)9-17(10-28)6-24(35)36/h1-5,7-8,13-15,17,22H,6,9-12,16H2,(H,33,37)(H,35,36). The first-order valence-corrected chi connectivity index (χ1v) is 12.8. The molecule has 37 heavy (non-hydrogen) atoms. The minimum atomic E-state index is -0.732. The summed E-state index contributed by atoms with van der Waals surface area (Å²) in [7, 11) is 0. The first kappa shape index (κ1) is 23.6. The molecule has 8 nitrogen and oxygen atoms in total. The number of carbonyl (C=O) groups is 2. The fourth-order valence-corrected chi connectivity index (χ4v) is 6.30. The predicted molar refractivity (Wildman–Crippen MR) is 139 cm³/mol. The molecule has 0 bridgehead atoms. The normalized spacial score (nSPS) is 22.4. The average Bonchev–Trinajstić information content (AvgIpc) is 3.23. The second kappa shape index (κ2) is 9.27. The Bertz CT molecular complexity index is 1470. The molecule has 9 heteroatoms. The van der Waals surface area contributed by atoms with E-state index in [2.05, 4.69) is 20.4 Å². The molecule has 2 aliphatic carbocycles. The number of nitrogens with one attached hydrogen (secondary N) is 1. The van der Waals surface area contributed by atoms with Gasteiger partial charge in [0, 0.05) is 46.4 Å². The van der Waals surface area contributed by atoms with E-state index < -0.39 is 5.97 Å². The first-order chi connectivity index (χ1) is 17.9. The average molecular weight is 516 g/mol. The van der Waals surface area contributed by atoms with Crippen LogP contribution in [0.25, 0.3) is 22.3 Å². The molecule has 2 aromatic carbocycles. The molecule has 4 aromatic rings. The van der Waals surface area contributed by atoms with Crippen LogP contribution in [0.2, 0.25) is 5.02 Å². The van der Waals surface area contributed by atoms with Crippen molar-refractivity contribution in [1.29, 1.82) is 0 Å². The molecule has 2 N–H and O–H groups in total. The summed E-state index contributed by atoms with van der Waals surface area (Å²) >= 11 is 6.35. The quantitative estimate of drug-likeness (QED) is 0.360. The summed E-state index contributed by atoms with van der Waals surface area (Å²) in [6.45, 7) is 0.415. The summed E-state index contributed by atoms with van der Waals surface area (Å²) < 4.78 is 1.78. The Kier molecular flexibility index (Phi) is 5.91. The number of carboxylic acids is 1. The highest BCUT2D eigenvalue weighted by atomic mass is 35.5. The fraction of sp³-hybridized carbons (Fsp3) is 0.321. The molecule has 1 spiro atoms. The number of rotatable bonds is 7. The minimum absolute atomic E-state index is 0.0858. The third-order valence-electron chi connectivity index (χ3n) is 7.61. The molecular formula is C28H26ClN5O3. The van der Waals surface area contributed by atoms with Crippen molar-refractivity contribution < 1.29 is 14.7 Å². The maximum atomic E-state index is 13.3. The van der Waals surface area contributed by atoms with Crippen molar-refractivity contribution in [3.05, 3.63) is 77.2 Å². The van der Waals surface area contributed by atoms with E-state index >= 15 is 0 Å². The highest BCUT2D eigenvalue weighted by molar-refractivity contribution is 6.32. The Labute approximate surface area is 218 Å². The number of halogens is 1. The predicted octanol–water partition coefficient (Wildman–Crippen LogP) is 4.96. The number of fused-ring (bicyclic) bond motifs is 1. The van der Waals surface area contributed by atoms with Crippen LogP contribution in [0.1, 0.15) is 48.0 Å². The smallest absolute Gasteiger partial charge is 0.303 e. The fourth-order valence-electron chi connectivity index (χ4n) is 6.08. The molecule has 2 heterocycles. The van der Waals surface area contributed by atoms with Gasteiger partial charge in [-0.15, -0.1) is 0 Å². The van der Waals surface area contributed by atoms with Crippen molar-refractivity contribution in [2.75, 3.05) is 0 Å². The van der Waals surface area contributed by atoms with Crippen LogP contribution >= 0.6 is 11.6 Å². The molecular weight excluding hydrogens is 490 g/mol. The van der Waals surface area contributed by atoms with Gasteiger partial charge in [0.15, 0.2) is 5.82 Å². The van der Waals surface area contributed by atoms with Crippen molar-refractivity contribution in [2.24, 2.45) is 11.3 Å². The van der Waals surface area contributed by atoms with Crippen LogP contribution < -0.4 is 5.32 Å². The van der Waals surface area contributed by atoms with Gasteiger partial charge in [0.05, 0.1) is 23.8 Å². The van der Waals surface area contributed by atoms with Gasteiger partial charge in [-0.05, 0) is 49.1 Å². The number of benzene rings is 2. The number of hydrogen-bond donors (Lipinski definition) is 2. The Morgan fingerprint density at radius 3 is 2.49 bits per heavy atom. The summed E-state index contributed by atoms with van der Waals surface area (Å²) in [5.74, 6) is 0.0119. The zero-order valence-electron chi connectivity index (χ0n) is 20.1. The van der Waals surface area contributed by atoms with E-state index in [4.69, 9.17) is 16.7 Å². The maximum absolute atomic E-state index is 13.3. The van der Waals surface area contributed by atoms with E-state index in [9.17, 15) is 9.59 Å². The molecule has 2 fully saturated rings. The summed E-state index contributed by atoms with van der Waals surface area (Å²) in [6.07, 6.45) is 9.17. The molecule has 6 rings (SSSR count). The number of amides is 1. The van der Waals surface area contributed by atoms with Crippen molar-refractivity contribution >= 4 is 34.4 Å². The number of nitrogens with zero attached hydrogens (tertiary/aromatic N) is 4. The second-order valence-electron chi connectivity index (χ2n) is 10.4. The van der Waals surface area contributed by atoms with Crippen LogP contribution in [0.5, 0.6) is 0 Å². The lowest BCUT2D eigenvalue weighted by Gasteiger charge is -2.57. The molecule has 188 valence electrons. The van der Waals surface area contributed by atoms with Gasteiger partial charge >= 0.3 is 5.97 Å². The molecule has 2 aliphatic rings. The second-order valence-corrected chi connectivity index (χ2v) is 10.9. The lowest BCUT2D eigenvalue weighted by atomic mass is 9.49. The van der Waals surface area contributed by atoms with Crippen molar-refractivity contribution in [3.8, 4) is 11.4 Å². The Morgan fingerprint density at radius 1 is 1.05 bits per heavy atom. The van der Waals surface area contributed by atoms with Gasteiger partial charge < -0.3 is 10.4 Å². The van der Waals surface area contributed by atoms with E-state index in [0.717, 1.165) is 42.2 Å². The molecule has 0 saturated heterocycles. The number of carbonyl (C=O) groups excluding carboxylic acids is 1.